The molecule has 1 fully saturated rings. The van der Waals surface area contributed by atoms with Crippen LogP contribution in [0.5, 0.6) is 0 Å². The molecule has 4 nitrogen and oxygen atoms in total. The van der Waals surface area contributed by atoms with Gasteiger partial charge in [-0.25, -0.2) is 0 Å². The number of aliphatic imine (C=N–C) groups is 1. The van der Waals surface area contributed by atoms with Crippen LogP contribution in [0.2, 0.25) is 0 Å². The molecule has 0 amide bonds. The fourth-order valence-corrected chi connectivity index (χ4v) is 3.26. The van der Waals surface area contributed by atoms with Gasteiger partial charge in [-0.1, -0.05) is 31.2 Å². The van der Waals surface area contributed by atoms with Crippen molar-refractivity contribution in [3.8, 4) is 0 Å². The Hall–Kier alpha value is -1.55. The van der Waals surface area contributed by atoms with Crippen molar-refractivity contribution in [2.24, 2.45) is 4.99 Å². The molecule has 0 spiro atoms. The molecule has 1 aromatic rings. The summed E-state index contributed by atoms with van der Waals surface area (Å²) >= 11 is 0. The minimum atomic E-state index is 0.0954. The summed E-state index contributed by atoms with van der Waals surface area (Å²) in [6.45, 7) is 10.8. The quantitative estimate of drug-likeness (QED) is 0.626. The van der Waals surface area contributed by atoms with Crippen LogP contribution >= 0.6 is 0 Å². The Kier molecular flexibility index (Phi) is 6.90. The molecule has 0 aliphatic carbocycles. The van der Waals surface area contributed by atoms with E-state index in [-0.39, 0.29) is 5.41 Å². The molecule has 0 aromatic heterocycles. The van der Waals surface area contributed by atoms with Gasteiger partial charge in [0, 0.05) is 31.7 Å². The summed E-state index contributed by atoms with van der Waals surface area (Å²) in [5.41, 5.74) is 2.88. The maximum Gasteiger partial charge on any atom is 0.191 e. The van der Waals surface area contributed by atoms with Gasteiger partial charge in [-0.15, -0.1) is 0 Å². The lowest BCUT2D eigenvalue weighted by Gasteiger charge is -2.37. The van der Waals surface area contributed by atoms with E-state index in [1.807, 2.05) is 0 Å². The number of benzene rings is 1. The molecule has 2 N–H and O–H groups in total. The molecule has 0 radical (unpaired) electrons. The monoisotopic (exact) mass is 317 g/mol. The van der Waals surface area contributed by atoms with Crippen LogP contribution in [-0.4, -0.2) is 38.8 Å². The number of nitrogens with zero attached hydrogens (tertiary/aromatic N) is 1. The van der Waals surface area contributed by atoms with Crippen molar-refractivity contribution < 1.29 is 4.74 Å². The first-order valence-corrected chi connectivity index (χ1v) is 8.88. The highest BCUT2D eigenvalue weighted by molar-refractivity contribution is 5.79. The second kappa shape index (κ2) is 8.92. The van der Waals surface area contributed by atoms with E-state index < -0.39 is 0 Å². The second-order valence-electron chi connectivity index (χ2n) is 6.33. The van der Waals surface area contributed by atoms with Crippen molar-refractivity contribution in [3.05, 3.63) is 35.4 Å². The van der Waals surface area contributed by atoms with Crippen molar-refractivity contribution in [2.45, 2.75) is 45.4 Å². The van der Waals surface area contributed by atoms with Gasteiger partial charge in [0.1, 0.15) is 0 Å². The third-order valence-electron chi connectivity index (χ3n) is 4.59. The molecular weight excluding hydrogens is 286 g/mol. The number of rotatable bonds is 6. The SMILES string of the molecule is CCCNC(=NCC1(c2ccccc2C)CCOCC1)NCC. The van der Waals surface area contributed by atoms with E-state index in [9.17, 15) is 0 Å². The molecule has 0 atom stereocenters. The Morgan fingerprint density at radius 3 is 2.57 bits per heavy atom. The van der Waals surface area contributed by atoms with Crippen molar-refractivity contribution in [1.29, 1.82) is 0 Å². The Balaban J connectivity index is 2.23. The van der Waals surface area contributed by atoms with E-state index in [2.05, 4.69) is 55.7 Å². The first kappa shape index (κ1) is 17.8. The number of hydrogen-bond donors (Lipinski definition) is 2. The van der Waals surface area contributed by atoms with Crippen LogP contribution in [0.3, 0.4) is 0 Å². The molecule has 1 aliphatic heterocycles. The van der Waals surface area contributed by atoms with Crippen LogP contribution in [0.4, 0.5) is 0 Å². The van der Waals surface area contributed by atoms with E-state index >= 15 is 0 Å². The molecule has 1 aliphatic rings. The minimum Gasteiger partial charge on any atom is -0.381 e. The third-order valence-corrected chi connectivity index (χ3v) is 4.59. The molecule has 128 valence electrons. The van der Waals surface area contributed by atoms with Gasteiger partial charge in [-0.05, 0) is 44.2 Å². The van der Waals surface area contributed by atoms with Crippen molar-refractivity contribution in [3.63, 3.8) is 0 Å². The van der Waals surface area contributed by atoms with Gasteiger partial charge < -0.3 is 15.4 Å². The molecule has 1 aromatic carbocycles. The Morgan fingerprint density at radius 2 is 1.91 bits per heavy atom. The van der Waals surface area contributed by atoms with Crippen molar-refractivity contribution in [2.75, 3.05) is 32.8 Å². The van der Waals surface area contributed by atoms with Gasteiger partial charge in [0.15, 0.2) is 5.96 Å². The fraction of sp³-hybridized carbons (Fsp3) is 0.632. The van der Waals surface area contributed by atoms with Crippen LogP contribution in [0.15, 0.2) is 29.3 Å². The lowest BCUT2D eigenvalue weighted by molar-refractivity contribution is 0.0529. The van der Waals surface area contributed by atoms with Crippen LogP contribution in [0.25, 0.3) is 0 Å². The van der Waals surface area contributed by atoms with Gasteiger partial charge >= 0.3 is 0 Å². The second-order valence-corrected chi connectivity index (χ2v) is 6.33. The number of nitrogens with one attached hydrogen (secondary N) is 2. The lowest BCUT2D eigenvalue weighted by Crippen LogP contribution is -2.41. The predicted octanol–water partition coefficient (Wildman–Crippen LogP) is 3.01. The maximum atomic E-state index is 5.63. The number of ether oxygens (including phenoxy) is 1. The smallest absolute Gasteiger partial charge is 0.191 e. The molecule has 0 saturated carbocycles. The van der Waals surface area contributed by atoms with E-state index in [0.717, 1.165) is 58.1 Å². The molecule has 4 heteroatoms. The standard InChI is InChI=1S/C19H31N3O/c1-4-12-21-18(20-5-2)22-15-19(10-13-23-14-11-19)17-9-7-6-8-16(17)3/h6-9H,4-5,10-15H2,1-3H3,(H2,20,21,22). The molecule has 1 saturated heterocycles. The van der Waals surface area contributed by atoms with Crippen LogP contribution in [0, 0.1) is 6.92 Å². The van der Waals surface area contributed by atoms with Crippen LogP contribution in [-0.2, 0) is 10.2 Å². The summed E-state index contributed by atoms with van der Waals surface area (Å²) in [6, 6.07) is 8.73. The van der Waals surface area contributed by atoms with Gasteiger partial charge in [-0.3, -0.25) is 4.99 Å². The Labute approximate surface area is 140 Å². The van der Waals surface area contributed by atoms with Gasteiger partial charge in [0.25, 0.3) is 0 Å². The lowest BCUT2D eigenvalue weighted by atomic mass is 9.72. The van der Waals surface area contributed by atoms with Crippen molar-refractivity contribution in [1.82, 2.24) is 10.6 Å². The summed E-state index contributed by atoms with van der Waals surface area (Å²) in [6.07, 6.45) is 3.17. The molecular formula is C19H31N3O. The summed E-state index contributed by atoms with van der Waals surface area (Å²) in [4.78, 5) is 4.90. The van der Waals surface area contributed by atoms with E-state index in [1.165, 1.54) is 11.1 Å². The summed E-state index contributed by atoms with van der Waals surface area (Å²) in [7, 11) is 0. The molecule has 1 heterocycles. The highest BCUT2D eigenvalue weighted by Crippen LogP contribution is 2.36. The zero-order chi connectivity index (χ0) is 16.5. The third kappa shape index (κ3) is 4.71. The summed E-state index contributed by atoms with van der Waals surface area (Å²) < 4.78 is 5.63. The minimum absolute atomic E-state index is 0.0954. The first-order valence-electron chi connectivity index (χ1n) is 8.88. The first-order chi connectivity index (χ1) is 11.2. The molecule has 23 heavy (non-hydrogen) atoms. The molecule has 0 bridgehead atoms. The highest BCUT2D eigenvalue weighted by atomic mass is 16.5. The maximum absolute atomic E-state index is 5.63. The predicted molar refractivity (Wildman–Crippen MR) is 97.2 cm³/mol. The van der Waals surface area contributed by atoms with E-state index in [1.54, 1.807) is 0 Å². The van der Waals surface area contributed by atoms with Gasteiger partial charge in [0.2, 0.25) is 0 Å². The number of aryl methyl sites for hydroxylation is 1. The van der Waals surface area contributed by atoms with Crippen molar-refractivity contribution >= 4 is 5.96 Å². The average Bonchev–Trinajstić information content (AvgIpc) is 2.58. The van der Waals surface area contributed by atoms with Gasteiger partial charge in [0.05, 0.1) is 6.54 Å². The number of guanidine groups is 1. The summed E-state index contributed by atoms with van der Waals surface area (Å²) in [5, 5.41) is 6.75. The fourth-order valence-electron chi connectivity index (χ4n) is 3.26. The summed E-state index contributed by atoms with van der Waals surface area (Å²) in [5.74, 6) is 0.925. The highest BCUT2D eigenvalue weighted by Gasteiger charge is 2.35. The average molecular weight is 317 g/mol. The Bertz CT molecular complexity index is 507. The molecule has 0 unspecified atom stereocenters. The normalized spacial score (nSPS) is 17.8. The number of hydrogen-bond acceptors (Lipinski definition) is 2. The zero-order valence-electron chi connectivity index (χ0n) is 14.8. The Morgan fingerprint density at radius 1 is 1.17 bits per heavy atom. The largest absolute Gasteiger partial charge is 0.381 e. The molecule has 2 rings (SSSR count). The van der Waals surface area contributed by atoms with E-state index in [0.29, 0.717) is 0 Å². The zero-order valence-corrected chi connectivity index (χ0v) is 14.8. The van der Waals surface area contributed by atoms with Gasteiger partial charge in [-0.2, -0.15) is 0 Å². The topological polar surface area (TPSA) is 45.7 Å². The van der Waals surface area contributed by atoms with Crippen LogP contribution in [0.1, 0.15) is 44.2 Å². The van der Waals surface area contributed by atoms with E-state index in [4.69, 9.17) is 9.73 Å². The van der Waals surface area contributed by atoms with Crippen LogP contribution < -0.4 is 10.6 Å².